The summed E-state index contributed by atoms with van der Waals surface area (Å²) in [5, 5.41) is 8.74. The number of carboxylic acid groups (broad SMARTS) is 1. The molecule has 2 heterocycles. The second kappa shape index (κ2) is 6.33. The van der Waals surface area contributed by atoms with E-state index < -0.39 is 5.97 Å². The second-order valence-electron chi connectivity index (χ2n) is 5.48. The first-order valence-corrected chi connectivity index (χ1v) is 8.43. The summed E-state index contributed by atoms with van der Waals surface area (Å²) in [7, 11) is 0. The van der Waals surface area contributed by atoms with Crippen LogP contribution in [-0.4, -0.2) is 38.9 Å². The van der Waals surface area contributed by atoms with Crippen molar-refractivity contribution in [2.75, 3.05) is 6.54 Å². The van der Waals surface area contributed by atoms with E-state index in [1.54, 1.807) is 6.08 Å². The van der Waals surface area contributed by atoms with Gasteiger partial charge in [-0.05, 0) is 36.3 Å². The Morgan fingerprint density at radius 1 is 1.57 bits per heavy atom. The third-order valence-corrected chi connectivity index (χ3v) is 5.02. The molecule has 1 aromatic rings. The number of rotatable bonds is 4. The van der Waals surface area contributed by atoms with E-state index in [1.165, 1.54) is 16.7 Å². The first kappa shape index (κ1) is 16.0. The summed E-state index contributed by atoms with van der Waals surface area (Å²) in [6.45, 7) is 2.13. The number of benzene rings is 1. The standard InChI is InChI=1S/C16H15NO4S2/c1-9-6-11-7-10(2-3-12(11)21-9)8-13-15(20)17(16(22)23-13)5-4-14(18)19/h2-3,7-9H,4-6H2,1H3,(H,18,19)/b13-8-/t9-/m0/s1. The SMILES string of the molecule is C[C@H]1Cc2cc(/C=C3\SC(=S)N(CCC(=O)O)C3=O)ccc2O1. The maximum absolute atomic E-state index is 12.4. The number of thioether (sulfide) groups is 1. The molecule has 0 bridgehead atoms. The number of carboxylic acids is 1. The Hall–Kier alpha value is -1.86. The quantitative estimate of drug-likeness (QED) is 0.666. The molecule has 5 nitrogen and oxygen atoms in total. The minimum Gasteiger partial charge on any atom is -0.490 e. The lowest BCUT2D eigenvalue weighted by Crippen LogP contribution is -2.30. The summed E-state index contributed by atoms with van der Waals surface area (Å²) in [5.41, 5.74) is 2.05. The Morgan fingerprint density at radius 3 is 3.09 bits per heavy atom. The summed E-state index contributed by atoms with van der Waals surface area (Å²) in [5.74, 6) is -0.286. The number of thiocarbonyl (C=S) groups is 1. The van der Waals surface area contributed by atoms with Crippen LogP contribution in [0.15, 0.2) is 23.1 Å². The molecule has 0 aromatic heterocycles. The van der Waals surface area contributed by atoms with Crippen LogP contribution < -0.4 is 4.74 Å². The van der Waals surface area contributed by atoms with Gasteiger partial charge >= 0.3 is 5.97 Å². The Kier molecular flexibility index (Phi) is 4.41. The van der Waals surface area contributed by atoms with Crippen LogP contribution in [0.3, 0.4) is 0 Å². The molecule has 0 unspecified atom stereocenters. The van der Waals surface area contributed by atoms with E-state index in [0.29, 0.717) is 9.23 Å². The summed E-state index contributed by atoms with van der Waals surface area (Å²) in [6.07, 6.45) is 2.71. The van der Waals surface area contributed by atoms with Gasteiger partial charge in [-0.1, -0.05) is 30.0 Å². The number of hydrogen-bond acceptors (Lipinski definition) is 5. The minimum atomic E-state index is -0.948. The number of amides is 1. The van der Waals surface area contributed by atoms with Gasteiger partial charge < -0.3 is 9.84 Å². The first-order valence-electron chi connectivity index (χ1n) is 7.21. The average molecular weight is 349 g/mol. The Morgan fingerprint density at radius 2 is 2.35 bits per heavy atom. The zero-order valence-corrected chi connectivity index (χ0v) is 14.1. The van der Waals surface area contributed by atoms with Crippen LogP contribution in [0.1, 0.15) is 24.5 Å². The topological polar surface area (TPSA) is 66.8 Å². The van der Waals surface area contributed by atoms with Crippen molar-refractivity contribution < 1.29 is 19.4 Å². The van der Waals surface area contributed by atoms with Gasteiger partial charge in [0.15, 0.2) is 0 Å². The van der Waals surface area contributed by atoms with Crippen molar-refractivity contribution >= 4 is 46.3 Å². The van der Waals surface area contributed by atoms with Crippen molar-refractivity contribution in [2.45, 2.75) is 25.9 Å². The molecule has 0 radical (unpaired) electrons. The van der Waals surface area contributed by atoms with Gasteiger partial charge in [0.1, 0.15) is 16.2 Å². The highest BCUT2D eigenvalue weighted by Crippen LogP contribution is 2.34. The normalized spacial score (nSPS) is 21.7. The van der Waals surface area contributed by atoms with Crippen LogP contribution in [0.2, 0.25) is 0 Å². The van der Waals surface area contributed by atoms with Crippen molar-refractivity contribution in [3.05, 3.63) is 34.2 Å². The largest absolute Gasteiger partial charge is 0.490 e. The monoisotopic (exact) mass is 349 g/mol. The fourth-order valence-corrected chi connectivity index (χ4v) is 3.89. The summed E-state index contributed by atoms with van der Waals surface area (Å²) in [4.78, 5) is 24.9. The Labute approximate surface area is 143 Å². The highest BCUT2D eigenvalue weighted by Gasteiger charge is 2.32. The Bertz CT molecular complexity index is 729. The molecule has 0 spiro atoms. The predicted octanol–water partition coefficient (Wildman–Crippen LogP) is 2.69. The zero-order valence-electron chi connectivity index (χ0n) is 12.4. The van der Waals surface area contributed by atoms with Crippen molar-refractivity contribution in [3.63, 3.8) is 0 Å². The number of fused-ring (bicyclic) bond motifs is 1. The molecular weight excluding hydrogens is 334 g/mol. The molecule has 0 saturated carbocycles. The zero-order chi connectivity index (χ0) is 16.6. The molecule has 0 aliphatic carbocycles. The maximum Gasteiger partial charge on any atom is 0.305 e. The maximum atomic E-state index is 12.4. The molecule has 120 valence electrons. The number of ether oxygens (including phenoxy) is 1. The van der Waals surface area contributed by atoms with E-state index in [-0.39, 0.29) is 25.0 Å². The van der Waals surface area contributed by atoms with Crippen molar-refractivity contribution in [3.8, 4) is 5.75 Å². The predicted molar refractivity (Wildman–Crippen MR) is 92.4 cm³/mol. The highest BCUT2D eigenvalue weighted by molar-refractivity contribution is 8.26. The number of hydrogen-bond donors (Lipinski definition) is 1. The molecule has 1 N–H and O–H groups in total. The summed E-state index contributed by atoms with van der Waals surface area (Å²) >= 11 is 6.38. The molecule has 23 heavy (non-hydrogen) atoms. The van der Waals surface area contributed by atoms with Crippen LogP contribution in [0.25, 0.3) is 6.08 Å². The summed E-state index contributed by atoms with van der Waals surface area (Å²) in [6, 6.07) is 5.83. The van der Waals surface area contributed by atoms with Crippen molar-refractivity contribution in [2.24, 2.45) is 0 Å². The molecular formula is C16H15NO4S2. The smallest absolute Gasteiger partial charge is 0.305 e. The lowest BCUT2D eigenvalue weighted by molar-refractivity contribution is -0.137. The fourth-order valence-electron chi connectivity index (χ4n) is 2.58. The van der Waals surface area contributed by atoms with Crippen molar-refractivity contribution in [1.29, 1.82) is 0 Å². The molecule has 1 saturated heterocycles. The lowest BCUT2D eigenvalue weighted by Gasteiger charge is -2.12. The molecule has 2 aliphatic rings. The molecule has 1 fully saturated rings. The first-order chi connectivity index (χ1) is 10.9. The minimum absolute atomic E-state index is 0.104. The van der Waals surface area contributed by atoms with Gasteiger partial charge in [0.05, 0.1) is 11.3 Å². The van der Waals surface area contributed by atoms with E-state index >= 15 is 0 Å². The van der Waals surface area contributed by atoms with Gasteiger partial charge in [-0.25, -0.2) is 0 Å². The van der Waals surface area contributed by atoms with Gasteiger partial charge in [-0.15, -0.1) is 0 Å². The molecule has 2 aliphatic heterocycles. The molecule has 1 amide bonds. The van der Waals surface area contributed by atoms with Crippen LogP contribution in [-0.2, 0) is 16.0 Å². The van der Waals surface area contributed by atoms with Gasteiger partial charge in [0, 0.05) is 13.0 Å². The number of nitrogens with zero attached hydrogens (tertiary/aromatic N) is 1. The van der Waals surface area contributed by atoms with Gasteiger partial charge in [-0.3, -0.25) is 14.5 Å². The van der Waals surface area contributed by atoms with E-state index in [0.717, 1.165) is 23.3 Å². The van der Waals surface area contributed by atoms with Crippen LogP contribution >= 0.6 is 24.0 Å². The van der Waals surface area contributed by atoms with E-state index in [1.807, 2.05) is 25.1 Å². The molecule has 7 heteroatoms. The third-order valence-electron chi connectivity index (χ3n) is 3.64. The third kappa shape index (κ3) is 3.40. The van der Waals surface area contributed by atoms with Gasteiger partial charge in [-0.2, -0.15) is 0 Å². The van der Waals surface area contributed by atoms with E-state index in [9.17, 15) is 9.59 Å². The number of carbonyl (C=O) groups excluding carboxylic acids is 1. The van der Waals surface area contributed by atoms with Gasteiger partial charge in [0.2, 0.25) is 0 Å². The average Bonchev–Trinajstić information content (AvgIpc) is 2.96. The second-order valence-corrected chi connectivity index (χ2v) is 7.15. The highest BCUT2D eigenvalue weighted by atomic mass is 32.2. The van der Waals surface area contributed by atoms with Gasteiger partial charge in [0.25, 0.3) is 5.91 Å². The van der Waals surface area contributed by atoms with Crippen LogP contribution in [0.5, 0.6) is 5.75 Å². The van der Waals surface area contributed by atoms with E-state index in [4.69, 9.17) is 22.1 Å². The fraction of sp³-hybridized carbons (Fsp3) is 0.312. The lowest BCUT2D eigenvalue weighted by atomic mass is 10.1. The Balaban J connectivity index is 1.78. The van der Waals surface area contributed by atoms with Crippen LogP contribution in [0, 0.1) is 0 Å². The molecule has 1 aromatic carbocycles. The summed E-state index contributed by atoms with van der Waals surface area (Å²) < 4.78 is 6.07. The number of carbonyl (C=O) groups is 2. The molecule has 3 rings (SSSR count). The van der Waals surface area contributed by atoms with Crippen LogP contribution in [0.4, 0.5) is 0 Å². The van der Waals surface area contributed by atoms with Crippen molar-refractivity contribution in [1.82, 2.24) is 4.90 Å². The van der Waals surface area contributed by atoms with E-state index in [2.05, 4.69) is 0 Å². The number of aliphatic carboxylic acids is 1. The molecule has 1 atom stereocenters.